The molecule has 1 amide bonds. The topological polar surface area (TPSA) is 97.8 Å². The number of carbonyl (C=O) groups excluding carboxylic acids is 1. The van der Waals surface area contributed by atoms with Crippen LogP contribution >= 0.6 is 11.3 Å². The van der Waals surface area contributed by atoms with Gasteiger partial charge in [0.2, 0.25) is 0 Å². The molecule has 0 unspecified atom stereocenters. The smallest absolute Gasteiger partial charge is 0.306 e. The summed E-state index contributed by atoms with van der Waals surface area (Å²) in [6, 6.07) is 5.40. The number of thiazole rings is 1. The first-order chi connectivity index (χ1) is 12.4. The number of rotatable bonds is 6. The van der Waals surface area contributed by atoms with E-state index in [0.717, 1.165) is 5.56 Å². The van der Waals surface area contributed by atoms with E-state index in [1.54, 1.807) is 27.2 Å². The van der Waals surface area contributed by atoms with Crippen molar-refractivity contribution in [1.29, 1.82) is 0 Å². The zero-order chi connectivity index (χ0) is 18.8. The molecule has 1 fully saturated rings. The number of hydrogen-bond acceptors (Lipinski definition) is 6. The van der Waals surface area contributed by atoms with Crippen molar-refractivity contribution in [2.24, 2.45) is 5.92 Å². The third-order valence-corrected chi connectivity index (χ3v) is 5.66. The normalized spacial score (nSPS) is 18.7. The Bertz CT molecular complexity index is 842. The fraction of sp³-hybridized carbons (Fsp3) is 0.389. The van der Waals surface area contributed by atoms with E-state index in [2.05, 4.69) is 10.3 Å². The quantitative estimate of drug-likeness (QED) is 0.804. The molecular weight excluding hydrogens is 356 g/mol. The number of ether oxygens (including phenoxy) is 2. The molecule has 0 saturated heterocycles. The number of nitrogens with one attached hydrogen (secondary N) is 1. The number of hydrogen-bond donors (Lipinski definition) is 2. The summed E-state index contributed by atoms with van der Waals surface area (Å²) in [6.07, 6.45) is 0.947. The first-order valence-corrected chi connectivity index (χ1v) is 8.98. The predicted octanol–water partition coefficient (Wildman–Crippen LogP) is 2.73. The van der Waals surface area contributed by atoms with Gasteiger partial charge in [0.15, 0.2) is 11.5 Å². The lowest BCUT2D eigenvalue weighted by molar-refractivity contribution is -0.145. The second kappa shape index (κ2) is 7.33. The number of carboxylic acids is 1. The highest BCUT2D eigenvalue weighted by Crippen LogP contribution is 2.35. The fourth-order valence-corrected chi connectivity index (χ4v) is 3.85. The van der Waals surface area contributed by atoms with E-state index >= 15 is 0 Å². The number of methoxy groups -OCH3 is 2. The molecule has 1 aliphatic rings. The van der Waals surface area contributed by atoms with E-state index in [0.29, 0.717) is 39.9 Å². The van der Waals surface area contributed by atoms with Crippen LogP contribution in [0.5, 0.6) is 11.5 Å². The van der Waals surface area contributed by atoms with Crippen LogP contribution in [0.2, 0.25) is 0 Å². The molecule has 2 N–H and O–H groups in total. The van der Waals surface area contributed by atoms with Crippen LogP contribution in [-0.4, -0.2) is 42.2 Å². The minimum Gasteiger partial charge on any atom is -0.493 e. The van der Waals surface area contributed by atoms with E-state index in [1.807, 2.05) is 12.1 Å². The van der Waals surface area contributed by atoms with Gasteiger partial charge in [-0.05, 0) is 38.0 Å². The molecule has 3 rings (SSSR count). The molecule has 26 heavy (non-hydrogen) atoms. The summed E-state index contributed by atoms with van der Waals surface area (Å²) in [4.78, 5) is 28.4. The summed E-state index contributed by atoms with van der Waals surface area (Å²) in [6.45, 7) is 1.79. The molecule has 138 valence electrons. The number of benzene rings is 1. The Morgan fingerprint density at radius 3 is 2.54 bits per heavy atom. The molecule has 7 nitrogen and oxygen atoms in total. The van der Waals surface area contributed by atoms with E-state index in [1.165, 1.54) is 11.3 Å². The Morgan fingerprint density at radius 1 is 1.23 bits per heavy atom. The minimum absolute atomic E-state index is 0.0883. The van der Waals surface area contributed by atoms with Crippen LogP contribution in [0.4, 0.5) is 0 Å². The van der Waals surface area contributed by atoms with Crippen molar-refractivity contribution in [3.8, 4) is 22.1 Å². The molecule has 1 aromatic carbocycles. The molecule has 0 atom stereocenters. The molecule has 0 bridgehead atoms. The lowest BCUT2D eigenvalue weighted by Gasteiger charge is -2.32. The summed E-state index contributed by atoms with van der Waals surface area (Å²) in [5, 5.41) is 12.5. The maximum Gasteiger partial charge on any atom is 0.306 e. The SMILES string of the molecule is COc1ccc(-c2nc(C)c(C(=O)NC3CC(C(=O)O)C3)s2)cc1OC. The van der Waals surface area contributed by atoms with Crippen LogP contribution < -0.4 is 14.8 Å². The van der Waals surface area contributed by atoms with Gasteiger partial charge in [0, 0.05) is 11.6 Å². The number of carbonyl (C=O) groups is 2. The highest BCUT2D eigenvalue weighted by molar-refractivity contribution is 7.17. The van der Waals surface area contributed by atoms with Crippen molar-refractivity contribution in [1.82, 2.24) is 10.3 Å². The minimum atomic E-state index is -0.805. The first-order valence-electron chi connectivity index (χ1n) is 8.16. The highest BCUT2D eigenvalue weighted by atomic mass is 32.1. The Hall–Kier alpha value is -2.61. The fourth-order valence-electron chi connectivity index (χ4n) is 2.89. The molecule has 0 radical (unpaired) electrons. The number of nitrogens with zero attached hydrogens (tertiary/aromatic N) is 1. The maximum atomic E-state index is 12.5. The van der Waals surface area contributed by atoms with E-state index in [-0.39, 0.29) is 17.9 Å². The summed E-state index contributed by atoms with van der Waals surface area (Å²) < 4.78 is 10.5. The monoisotopic (exact) mass is 376 g/mol. The highest BCUT2D eigenvalue weighted by Gasteiger charge is 2.35. The van der Waals surface area contributed by atoms with Crippen LogP contribution in [0.15, 0.2) is 18.2 Å². The molecule has 8 heteroatoms. The van der Waals surface area contributed by atoms with Crippen LogP contribution in [0, 0.1) is 12.8 Å². The Balaban J connectivity index is 1.75. The van der Waals surface area contributed by atoms with Gasteiger partial charge in [0.05, 0.1) is 25.8 Å². The average Bonchev–Trinajstić information content (AvgIpc) is 2.98. The maximum absolute atomic E-state index is 12.5. The van der Waals surface area contributed by atoms with Crippen molar-refractivity contribution in [3.05, 3.63) is 28.8 Å². The molecule has 1 aromatic heterocycles. The largest absolute Gasteiger partial charge is 0.493 e. The van der Waals surface area contributed by atoms with Crippen LogP contribution in [0.25, 0.3) is 10.6 Å². The van der Waals surface area contributed by atoms with Crippen LogP contribution in [0.1, 0.15) is 28.2 Å². The Morgan fingerprint density at radius 2 is 1.92 bits per heavy atom. The molecule has 2 aromatic rings. The van der Waals surface area contributed by atoms with Crippen molar-refractivity contribution >= 4 is 23.2 Å². The van der Waals surface area contributed by atoms with Crippen molar-refractivity contribution in [3.63, 3.8) is 0 Å². The van der Waals surface area contributed by atoms with Gasteiger partial charge in [0.1, 0.15) is 9.88 Å². The molecule has 1 saturated carbocycles. The molecule has 0 spiro atoms. The first kappa shape index (κ1) is 18.2. The zero-order valence-electron chi connectivity index (χ0n) is 14.7. The number of amides is 1. The third kappa shape index (κ3) is 3.50. The van der Waals surface area contributed by atoms with Gasteiger partial charge in [-0.3, -0.25) is 9.59 Å². The van der Waals surface area contributed by atoms with Gasteiger partial charge in [-0.15, -0.1) is 11.3 Å². The Labute approximate surface area is 155 Å². The second-order valence-electron chi connectivity index (χ2n) is 6.18. The number of aromatic nitrogens is 1. The average molecular weight is 376 g/mol. The van der Waals surface area contributed by atoms with Gasteiger partial charge in [-0.25, -0.2) is 4.98 Å². The van der Waals surface area contributed by atoms with E-state index in [9.17, 15) is 9.59 Å². The Kier molecular flexibility index (Phi) is 5.13. The van der Waals surface area contributed by atoms with E-state index in [4.69, 9.17) is 14.6 Å². The van der Waals surface area contributed by atoms with Gasteiger partial charge >= 0.3 is 5.97 Å². The molecular formula is C18H20N2O5S. The van der Waals surface area contributed by atoms with Crippen molar-refractivity contribution in [2.45, 2.75) is 25.8 Å². The lowest BCUT2D eigenvalue weighted by atomic mass is 9.80. The van der Waals surface area contributed by atoms with Crippen LogP contribution in [0.3, 0.4) is 0 Å². The lowest BCUT2D eigenvalue weighted by Crippen LogP contribution is -2.46. The predicted molar refractivity (Wildman–Crippen MR) is 97.0 cm³/mol. The number of aliphatic carboxylic acids is 1. The van der Waals surface area contributed by atoms with Crippen molar-refractivity contribution < 1.29 is 24.2 Å². The zero-order valence-corrected chi connectivity index (χ0v) is 15.6. The van der Waals surface area contributed by atoms with Gasteiger partial charge in [0.25, 0.3) is 5.91 Å². The second-order valence-corrected chi connectivity index (χ2v) is 7.18. The standard InChI is InChI=1S/C18H20N2O5S/c1-9-15(16(21)20-12-6-11(7-12)18(22)23)26-17(19-9)10-4-5-13(24-2)14(8-10)25-3/h4-5,8,11-12H,6-7H2,1-3H3,(H,20,21)(H,22,23). The van der Waals surface area contributed by atoms with E-state index < -0.39 is 5.97 Å². The number of carboxylic acid groups (broad SMARTS) is 1. The van der Waals surface area contributed by atoms with Gasteiger partial charge < -0.3 is 19.9 Å². The summed E-state index contributed by atoms with van der Waals surface area (Å²) in [5.41, 5.74) is 1.48. The third-order valence-electron chi connectivity index (χ3n) is 4.46. The molecule has 0 aliphatic heterocycles. The molecule has 1 aliphatic carbocycles. The number of aryl methyl sites for hydroxylation is 1. The van der Waals surface area contributed by atoms with Crippen molar-refractivity contribution in [2.75, 3.05) is 14.2 Å². The summed E-state index contributed by atoms with van der Waals surface area (Å²) >= 11 is 1.30. The molecule has 1 heterocycles. The van der Waals surface area contributed by atoms with Gasteiger partial charge in [-0.2, -0.15) is 0 Å². The summed E-state index contributed by atoms with van der Waals surface area (Å²) in [5.74, 6) is -0.149. The van der Waals surface area contributed by atoms with Crippen LogP contribution in [-0.2, 0) is 4.79 Å². The summed E-state index contributed by atoms with van der Waals surface area (Å²) in [7, 11) is 3.14. The van der Waals surface area contributed by atoms with Gasteiger partial charge in [-0.1, -0.05) is 0 Å².